The van der Waals surface area contributed by atoms with Gasteiger partial charge in [-0.25, -0.2) is 9.18 Å². The number of methoxy groups -OCH3 is 1. The molecule has 9 heteroatoms. The highest BCUT2D eigenvalue weighted by atomic mass is 19.1. The number of rotatable bonds is 8. The molecule has 168 valence electrons. The van der Waals surface area contributed by atoms with Gasteiger partial charge in [0.2, 0.25) is 5.69 Å². The van der Waals surface area contributed by atoms with E-state index in [0.29, 0.717) is 18.7 Å². The van der Waals surface area contributed by atoms with Crippen molar-refractivity contribution in [3.63, 3.8) is 0 Å². The summed E-state index contributed by atoms with van der Waals surface area (Å²) in [7, 11) is 1.55. The molecule has 0 aliphatic carbocycles. The molecule has 1 N–H and O–H groups in total. The van der Waals surface area contributed by atoms with Gasteiger partial charge < -0.3 is 10.1 Å². The summed E-state index contributed by atoms with van der Waals surface area (Å²) in [5.74, 6) is -1.27. The number of carbonyl (C=O) groups is 1. The molecule has 32 heavy (non-hydrogen) atoms. The predicted octanol–water partition coefficient (Wildman–Crippen LogP) is 1.96. The molecule has 0 bridgehead atoms. The van der Waals surface area contributed by atoms with Gasteiger partial charge in [0, 0.05) is 25.8 Å². The summed E-state index contributed by atoms with van der Waals surface area (Å²) in [5, 5.41) is 6.70. The molecule has 0 fully saturated rings. The predicted molar refractivity (Wildman–Crippen MR) is 118 cm³/mol. The number of aromatic nitrogens is 3. The van der Waals surface area contributed by atoms with Crippen LogP contribution in [0.3, 0.4) is 0 Å². The molecule has 0 atom stereocenters. The van der Waals surface area contributed by atoms with Crippen LogP contribution in [0.1, 0.15) is 33.6 Å². The number of halogens is 1. The van der Waals surface area contributed by atoms with Crippen LogP contribution in [0.15, 0.2) is 52.1 Å². The zero-order valence-corrected chi connectivity index (χ0v) is 18.2. The Hall–Kier alpha value is -3.59. The number of nitrogens with zero attached hydrogens (tertiary/aromatic N) is 3. The Morgan fingerprint density at radius 1 is 1.12 bits per heavy atom. The van der Waals surface area contributed by atoms with E-state index in [-0.39, 0.29) is 18.7 Å². The van der Waals surface area contributed by atoms with Crippen molar-refractivity contribution >= 4 is 5.91 Å². The van der Waals surface area contributed by atoms with Crippen molar-refractivity contribution in [3.05, 3.63) is 91.5 Å². The van der Waals surface area contributed by atoms with Gasteiger partial charge in [-0.1, -0.05) is 24.3 Å². The SMILES string of the molecule is COCCCNC(=O)c1nn(-c2cc(C)cc(C)c2)c(=O)n(Cc2ccccc2F)c1=O. The molecule has 1 amide bonds. The average Bonchev–Trinajstić information content (AvgIpc) is 2.74. The maximum Gasteiger partial charge on any atom is 0.352 e. The quantitative estimate of drug-likeness (QED) is 0.541. The first-order valence-corrected chi connectivity index (χ1v) is 10.1. The van der Waals surface area contributed by atoms with Gasteiger partial charge >= 0.3 is 5.69 Å². The lowest BCUT2D eigenvalue weighted by atomic mass is 10.1. The average molecular weight is 440 g/mol. The lowest BCUT2D eigenvalue weighted by molar-refractivity contribution is 0.0938. The van der Waals surface area contributed by atoms with Crippen LogP contribution in [0, 0.1) is 19.7 Å². The van der Waals surface area contributed by atoms with Gasteiger partial charge in [-0.15, -0.1) is 0 Å². The summed E-state index contributed by atoms with van der Waals surface area (Å²) >= 11 is 0. The molecular formula is C23H25FN4O4. The van der Waals surface area contributed by atoms with E-state index in [1.54, 1.807) is 25.3 Å². The zero-order valence-electron chi connectivity index (χ0n) is 18.2. The fourth-order valence-corrected chi connectivity index (χ4v) is 3.34. The second kappa shape index (κ2) is 10.1. The number of nitrogens with one attached hydrogen (secondary N) is 1. The molecule has 0 saturated heterocycles. The number of aryl methyl sites for hydroxylation is 2. The van der Waals surface area contributed by atoms with Crippen molar-refractivity contribution in [1.29, 1.82) is 0 Å². The van der Waals surface area contributed by atoms with Crippen molar-refractivity contribution in [1.82, 2.24) is 19.7 Å². The van der Waals surface area contributed by atoms with Crippen molar-refractivity contribution < 1.29 is 13.9 Å². The first-order valence-electron chi connectivity index (χ1n) is 10.1. The molecule has 0 aliphatic heterocycles. The number of benzene rings is 2. The fraction of sp³-hybridized carbons (Fsp3) is 0.304. The first kappa shape index (κ1) is 23.1. The standard InChI is InChI=1S/C23H25FN4O4/c1-15-11-16(2)13-18(12-15)28-23(31)27(14-17-7-4-5-8-19(17)24)22(30)20(26-28)21(29)25-9-6-10-32-3/h4-5,7-8,11-13H,6,9-10,14H2,1-3H3,(H,25,29). The van der Waals surface area contributed by atoms with E-state index in [0.717, 1.165) is 20.4 Å². The highest BCUT2D eigenvalue weighted by molar-refractivity contribution is 5.91. The second-order valence-electron chi connectivity index (χ2n) is 7.47. The molecule has 0 radical (unpaired) electrons. The van der Waals surface area contributed by atoms with Gasteiger partial charge in [0.05, 0.1) is 12.2 Å². The molecule has 3 rings (SSSR count). The third-order valence-corrected chi connectivity index (χ3v) is 4.82. The smallest absolute Gasteiger partial charge is 0.352 e. The van der Waals surface area contributed by atoms with Crippen LogP contribution in [0.4, 0.5) is 4.39 Å². The third-order valence-electron chi connectivity index (χ3n) is 4.82. The highest BCUT2D eigenvalue weighted by Gasteiger charge is 2.21. The van der Waals surface area contributed by atoms with E-state index in [2.05, 4.69) is 10.4 Å². The molecule has 8 nitrogen and oxygen atoms in total. The van der Waals surface area contributed by atoms with E-state index in [1.807, 2.05) is 19.9 Å². The van der Waals surface area contributed by atoms with E-state index >= 15 is 0 Å². The molecule has 1 heterocycles. The maximum absolute atomic E-state index is 14.2. The minimum absolute atomic E-state index is 0.149. The highest BCUT2D eigenvalue weighted by Crippen LogP contribution is 2.12. The molecule has 2 aromatic carbocycles. The van der Waals surface area contributed by atoms with Gasteiger partial charge in [-0.05, 0) is 49.6 Å². The second-order valence-corrected chi connectivity index (χ2v) is 7.47. The van der Waals surface area contributed by atoms with E-state index < -0.39 is 28.7 Å². The molecule has 3 aromatic rings. The summed E-state index contributed by atoms with van der Waals surface area (Å²) < 4.78 is 21.0. The van der Waals surface area contributed by atoms with Crippen LogP contribution in [0.25, 0.3) is 5.69 Å². The van der Waals surface area contributed by atoms with Crippen LogP contribution in [0.2, 0.25) is 0 Å². The number of hydrogen-bond donors (Lipinski definition) is 1. The van der Waals surface area contributed by atoms with E-state index in [9.17, 15) is 18.8 Å². The summed E-state index contributed by atoms with van der Waals surface area (Å²) in [6.07, 6.45) is 0.544. The van der Waals surface area contributed by atoms with Crippen molar-refractivity contribution in [2.24, 2.45) is 0 Å². The fourth-order valence-electron chi connectivity index (χ4n) is 3.34. The monoisotopic (exact) mass is 440 g/mol. The molecular weight excluding hydrogens is 415 g/mol. The molecule has 0 saturated carbocycles. The Bertz CT molecular complexity index is 1230. The number of ether oxygens (including phenoxy) is 1. The van der Waals surface area contributed by atoms with Crippen LogP contribution >= 0.6 is 0 Å². The van der Waals surface area contributed by atoms with Gasteiger partial charge in [-0.2, -0.15) is 9.78 Å². The third kappa shape index (κ3) is 5.17. The van der Waals surface area contributed by atoms with Crippen LogP contribution < -0.4 is 16.6 Å². The van der Waals surface area contributed by atoms with Crippen LogP contribution in [0.5, 0.6) is 0 Å². The number of hydrogen-bond acceptors (Lipinski definition) is 5. The van der Waals surface area contributed by atoms with Crippen LogP contribution in [-0.4, -0.2) is 40.5 Å². The number of amides is 1. The Morgan fingerprint density at radius 2 is 1.81 bits per heavy atom. The lowest BCUT2D eigenvalue weighted by Crippen LogP contribution is -2.46. The summed E-state index contributed by atoms with van der Waals surface area (Å²) in [5.41, 5.74) is 0.219. The Labute approximate surface area is 184 Å². The van der Waals surface area contributed by atoms with Gasteiger partial charge in [-0.3, -0.25) is 14.2 Å². The minimum Gasteiger partial charge on any atom is -0.385 e. The Kier molecular flexibility index (Phi) is 7.32. The first-order chi connectivity index (χ1) is 15.3. The Balaban J connectivity index is 2.14. The number of carbonyl (C=O) groups excluding carboxylic acids is 1. The maximum atomic E-state index is 14.2. The van der Waals surface area contributed by atoms with Crippen molar-refractivity contribution in [3.8, 4) is 5.69 Å². The molecule has 0 spiro atoms. The summed E-state index contributed by atoms with van der Waals surface area (Å²) in [6, 6.07) is 11.2. The summed E-state index contributed by atoms with van der Waals surface area (Å²) in [6.45, 7) is 4.10. The molecule has 0 aliphatic rings. The van der Waals surface area contributed by atoms with Crippen LogP contribution in [-0.2, 0) is 11.3 Å². The van der Waals surface area contributed by atoms with Gasteiger partial charge in [0.25, 0.3) is 11.5 Å². The summed E-state index contributed by atoms with van der Waals surface area (Å²) in [4.78, 5) is 38.9. The van der Waals surface area contributed by atoms with Crippen molar-refractivity contribution in [2.75, 3.05) is 20.3 Å². The molecule has 0 unspecified atom stereocenters. The lowest BCUT2D eigenvalue weighted by Gasteiger charge is -2.13. The van der Waals surface area contributed by atoms with E-state index in [1.165, 1.54) is 18.2 Å². The van der Waals surface area contributed by atoms with Crippen molar-refractivity contribution in [2.45, 2.75) is 26.8 Å². The molecule has 1 aromatic heterocycles. The Morgan fingerprint density at radius 3 is 2.47 bits per heavy atom. The minimum atomic E-state index is -0.886. The van der Waals surface area contributed by atoms with Gasteiger partial charge in [0.1, 0.15) is 5.82 Å². The van der Waals surface area contributed by atoms with Gasteiger partial charge in [0.15, 0.2) is 0 Å². The topological polar surface area (TPSA) is 95.2 Å². The zero-order chi connectivity index (χ0) is 23.3. The normalized spacial score (nSPS) is 10.9. The largest absolute Gasteiger partial charge is 0.385 e. The van der Waals surface area contributed by atoms with E-state index in [4.69, 9.17) is 4.74 Å².